The largest absolute Gasteiger partial charge is 0.416 e. The molecule has 3 rings (SSSR count). The Labute approximate surface area is 185 Å². The molecule has 6 nitrogen and oxygen atoms in total. The van der Waals surface area contributed by atoms with Crippen LogP contribution >= 0.6 is 0 Å². The second kappa shape index (κ2) is 9.60. The topological polar surface area (TPSA) is 75.7 Å². The fraction of sp³-hybridized carbons (Fsp3) is 0.409. The third-order valence-electron chi connectivity index (χ3n) is 5.28. The number of rotatable bonds is 9. The van der Waals surface area contributed by atoms with Crippen LogP contribution in [-0.2, 0) is 20.9 Å². The average Bonchev–Trinajstić information content (AvgIpc) is 3.58. The summed E-state index contributed by atoms with van der Waals surface area (Å²) in [7, 11) is -2.39. The first-order chi connectivity index (χ1) is 15.0. The fourth-order valence-electron chi connectivity index (χ4n) is 3.45. The van der Waals surface area contributed by atoms with E-state index in [1.807, 2.05) is 0 Å². The number of benzene rings is 2. The Hall–Kier alpha value is -2.43. The molecule has 0 bridgehead atoms. The zero-order valence-corrected chi connectivity index (χ0v) is 18.5. The van der Waals surface area contributed by atoms with Crippen molar-refractivity contribution in [1.29, 1.82) is 0 Å². The smallest absolute Gasteiger partial charge is 0.383 e. The Kier molecular flexibility index (Phi) is 7.26. The lowest BCUT2D eigenvalue weighted by Gasteiger charge is -2.30. The Bertz CT molecular complexity index is 1070. The normalized spacial score (nSPS) is 15.4. The van der Waals surface area contributed by atoms with Crippen LogP contribution in [0.1, 0.15) is 47.3 Å². The lowest BCUT2D eigenvalue weighted by molar-refractivity contribution is -0.137. The van der Waals surface area contributed by atoms with Crippen LogP contribution in [0.4, 0.5) is 13.2 Å². The monoisotopic (exact) mass is 470 g/mol. The maximum absolute atomic E-state index is 13.3. The number of halogens is 3. The Morgan fingerprint density at radius 2 is 1.88 bits per heavy atom. The van der Waals surface area contributed by atoms with Crippen molar-refractivity contribution in [3.05, 3.63) is 65.2 Å². The maximum atomic E-state index is 13.3. The molecule has 1 saturated carbocycles. The fourth-order valence-corrected chi connectivity index (χ4v) is 4.51. The van der Waals surface area contributed by atoms with Crippen molar-refractivity contribution >= 4 is 15.9 Å². The molecule has 1 fully saturated rings. The minimum Gasteiger partial charge on any atom is -0.383 e. The molecule has 1 N–H and O–H groups in total. The first kappa shape index (κ1) is 24.2. The van der Waals surface area contributed by atoms with Crippen LogP contribution in [0, 0.1) is 0 Å². The highest BCUT2D eigenvalue weighted by atomic mass is 32.2. The van der Waals surface area contributed by atoms with Crippen molar-refractivity contribution in [3.63, 3.8) is 0 Å². The minimum absolute atomic E-state index is 0.0677. The number of nitrogens with zero attached hydrogens (tertiary/aromatic N) is 1. The third-order valence-corrected chi connectivity index (χ3v) is 6.74. The maximum Gasteiger partial charge on any atom is 0.416 e. The highest BCUT2D eigenvalue weighted by Crippen LogP contribution is 2.37. The van der Waals surface area contributed by atoms with Crippen LogP contribution in [-0.4, -0.2) is 45.5 Å². The predicted molar refractivity (Wildman–Crippen MR) is 113 cm³/mol. The number of methoxy groups -OCH3 is 1. The summed E-state index contributed by atoms with van der Waals surface area (Å²) in [6.07, 6.45) is -3.00. The van der Waals surface area contributed by atoms with Gasteiger partial charge in [0.15, 0.2) is 0 Å². The molecule has 1 amide bonds. The molecule has 32 heavy (non-hydrogen) atoms. The molecule has 0 aromatic heterocycles. The van der Waals surface area contributed by atoms with Gasteiger partial charge in [-0.05, 0) is 55.7 Å². The molecule has 0 spiro atoms. The third kappa shape index (κ3) is 5.67. The van der Waals surface area contributed by atoms with Gasteiger partial charge < -0.3 is 9.64 Å². The molecule has 0 radical (unpaired) electrons. The molecule has 174 valence electrons. The molecule has 2 aromatic carbocycles. The Morgan fingerprint density at radius 3 is 2.50 bits per heavy atom. The molecule has 1 atom stereocenters. The van der Waals surface area contributed by atoms with E-state index in [9.17, 15) is 26.4 Å². The van der Waals surface area contributed by atoms with E-state index < -0.39 is 33.7 Å². The van der Waals surface area contributed by atoms with Crippen LogP contribution in [0.2, 0.25) is 0 Å². The number of ether oxygens (including phenoxy) is 1. The summed E-state index contributed by atoms with van der Waals surface area (Å²) in [5.74, 6) is -0.425. The molecular formula is C22H25F3N2O4S. The molecular weight excluding hydrogens is 445 g/mol. The van der Waals surface area contributed by atoms with E-state index in [-0.39, 0.29) is 29.7 Å². The quantitative estimate of drug-likeness (QED) is 0.563. The summed E-state index contributed by atoms with van der Waals surface area (Å²) in [5.41, 5.74) is -0.254. The van der Waals surface area contributed by atoms with Crippen molar-refractivity contribution < 1.29 is 31.1 Å². The molecule has 0 aliphatic heterocycles. The summed E-state index contributed by atoms with van der Waals surface area (Å²) in [5, 5.41) is 0. The molecule has 1 aliphatic carbocycles. The lowest BCUT2D eigenvalue weighted by atomic mass is 10.0. The van der Waals surface area contributed by atoms with E-state index in [4.69, 9.17) is 4.74 Å². The number of amides is 1. The summed E-state index contributed by atoms with van der Waals surface area (Å²) in [4.78, 5) is 14.8. The minimum atomic E-state index is -4.48. The number of carbonyl (C=O) groups excluding carboxylic acids is 1. The van der Waals surface area contributed by atoms with Gasteiger partial charge in [-0.3, -0.25) is 4.79 Å². The first-order valence-corrected chi connectivity index (χ1v) is 11.6. The van der Waals surface area contributed by atoms with Crippen molar-refractivity contribution in [1.82, 2.24) is 9.62 Å². The van der Waals surface area contributed by atoms with Crippen LogP contribution in [0.25, 0.3) is 0 Å². The van der Waals surface area contributed by atoms with Gasteiger partial charge in [0.05, 0.1) is 23.1 Å². The van der Waals surface area contributed by atoms with E-state index in [1.165, 1.54) is 37.4 Å². The van der Waals surface area contributed by atoms with Crippen molar-refractivity contribution in [2.75, 3.05) is 20.3 Å². The van der Waals surface area contributed by atoms with Gasteiger partial charge in [-0.15, -0.1) is 0 Å². The molecule has 0 heterocycles. The Morgan fingerprint density at radius 1 is 1.19 bits per heavy atom. The average molecular weight is 471 g/mol. The lowest BCUT2D eigenvalue weighted by Crippen LogP contribution is -2.36. The van der Waals surface area contributed by atoms with Gasteiger partial charge in [-0.2, -0.15) is 13.2 Å². The van der Waals surface area contributed by atoms with E-state index in [0.717, 1.165) is 25.0 Å². The van der Waals surface area contributed by atoms with E-state index in [1.54, 1.807) is 17.9 Å². The number of hydrogen-bond donors (Lipinski definition) is 1. The van der Waals surface area contributed by atoms with Gasteiger partial charge in [0.25, 0.3) is 5.91 Å². The van der Waals surface area contributed by atoms with Crippen LogP contribution in [0.3, 0.4) is 0 Å². The van der Waals surface area contributed by atoms with Crippen LogP contribution < -0.4 is 4.72 Å². The Balaban J connectivity index is 1.88. The van der Waals surface area contributed by atoms with E-state index >= 15 is 0 Å². The van der Waals surface area contributed by atoms with Gasteiger partial charge in [-0.25, -0.2) is 13.1 Å². The van der Waals surface area contributed by atoms with Crippen molar-refractivity contribution in [2.45, 2.75) is 42.9 Å². The zero-order valence-electron chi connectivity index (χ0n) is 17.7. The standard InChI is InChI=1S/C22H25F3N2O4S/c1-15(16-5-3-7-18(13-16)22(23,24)25)27(19-9-10-19)21(28)17-6-4-8-20(14-17)32(29,30)26-11-12-31-2/h3-8,13-15,19,26H,9-12H2,1-2H3. The van der Waals surface area contributed by atoms with Crippen molar-refractivity contribution in [2.24, 2.45) is 0 Å². The highest BCUT2D eigenvalue weighted by Gasteiger charge is 2.38. The number of hydrogen-bond acceptors (Lipinski definition) is 4. The molecule has 1 unspecified atom stereocenters. The van der Waals surface area contributed by atoms with E-state index in [0.29, 0.717) is 5.56 Å². The number of carbonyl (C=O) groups is 1. The molecule has 1 aliphatic rings. The predicted octanol–water partition coefficient (Wildman–Crippen LogP) is 4.00. The zero-order chi connectivity index (χ0) is 23.5. The summed E-state index contributed by atoms with van der Waals surface area (Å²) < 4.78 is 71.6. The van der Waals surface area contributed by atoms with Crippen LogP contribution in [0.5, 0.6) is 0 Å². The highest BCUT2D eigenvalue weighted by molar-refractivity contribution is 7.89. The molecule has 2 aromatic rings. The van der Waals surface area contributed by atoms with Gasteiger partial charge in [0, 0.05) is 25.3 Å². The van der Waals surface area contributed by atoms with Gasteiger partial charge in [0.2, 0.25) is 10.0 Å². The van der Waals surface area contributed by atoms with Gasteiger partial charge >= 0.3 is 6.18 Å². The molecule has 0 saturated heterocycles. The summed E-state index contributed by atoms with van der Waals surface area (Å²) >= 11 is 0. The number of nitrogens with one attached hydrogen (secondary N) is 1. The first-order valence-electron chi connectivity index (χ1n) is 10.1. The van der Waals surface area contributed by atoms with Crippen LogP contribution in [0.15, 0.2) is 53.4 Å². The summed E-state index contributed by atoms with van der Waals surface area (Å²) in [6.45, 7) is 1.96. The summed E-state index contributed by atoms with van der Waals surface area (Å²) in [6, 6.07) is 9.84. The van der Waals surface area contributed by atoms with Crippen molar-refractivity contribution in [3.8, 4) is 0 Å². The molecule has 10 heteroatoms. The number of sulfonamides is 1. The second-order valence-electron chi connectivity index (χ2n) is 7.66. The van der Waals surface area contributed by atoms with Gasteiger partial charge in [-0.1, -0.05) is 18.2 Å². The van der Waals surface area contributed by atoms with E-state index in [2.05, 4.69) is 4.72 Å². The SMILES string of the molecule is COCCNS(=O)(=O)c1cccc(C(=O)N(C2CC2)C(C)c2cccc(C(F)(F)F)c2)c1. The van der Waals surface area contributed by atoms with Gasteiger partial charge in [0.1, 0.15) is 0 Å². The number of alkyl halides is 3. The second-order valence-corrected chi connectivity index (χ2v) is 9.43.